The van der Waals surface area contributed by atoms with Crippen molar-refractivity contribution in [1.29, 1.82) is 5.26 Å². The van der Waals surface area contributed by atoms with Crippen molar-refractivity contribution in [2.45, 2.75) is 0 Å². The number of halogens is 3. The van der Waals surface area contributed by atoms with Crippen LogP contribution in [0.15, 0.2) is 6.07 Å². The quantitative estimate of drug-likeness (QED) is 0.685. The highest BCUT2D eigenvalue weighted by Crippen LogP contribution is 2.38. The monoisotopic (exact) mass is 221 g/mol. The molecule has 0 bridgehead atoms. The lowest BCUT2D eigenvalue weighted by atomic mass is 10.2. The van der Waals surface area contributed by atoms with E-state index in [1.165, 1.54) is 6.07 Å². The van der Waals surface area contributed by atoms with E-state index in [1.54, 1.807) is 6.07 Å². The van der Waals surface area contributed by atoms with Crippen LogP contribution in [0.5, 0.6) is 5.75 Å². The summed E-state index contributed by atoms with van der Waals surface area (Å²) in [5, 5.41) is 17.8. The van der Waals surface area contributed by atoms with Gasteiger partial charge < -0.3 is 5.11 Å². The van der Waals surface area contributed by atoms with Crippen molar-refractivity contribution in [2.24, 2.45) is 0 Å². The molecule has 0 aliphatic heterocycles. The molecule has 2 nitrogen and oxygen atoms in total. The molecule has 0 spiro atoms. The Labute approximate surface area is 83.9 Å². The summed E-state index contributed by atoms with van der Waals surface area (Å²) in [6, 6.07) is 2.98. The van der Waals surface area contributed by atoms with E-state index < -0.39 is 0 Å². The van der Waals surface area contributed by atoms with E-state index >= 15 is 0 Å². The van der Waals surface area contributed by atoms with E-state index in [-0.39, 0.29) is 26.4 Å². The molecule has 0 fully saturated rings. The summed E-state index contributed by atoms with van der Waals surface area (Å²) in [5.74, 6) is -0.339. The first-order chi connectivity index (χ1) is 5.57. The lowest BCUT2D eigenvalue weighted by Crippen LogP contribution is -1.80. The van der Waals surface area contributed by atoms with Crippen LogP contribution in [0.4, 0.5) is 0 Å². The van der Waals surface area contributed by atoms with Crippen molar-refractivity contribution in [3.05, 3.63) is 26.7 Å². The summed E-state index contributed by atoms with van der Waals surface area (Å²) in [6.07, 6.45) is 0. The van der Waals surface area contributed by atoms with Crippen molar-refractivity contribution >= 4 is 34.8 Å². The van der Waals surface area contributed by atoms with Gasteiger partial charge in [0.25, 0.3) is 0 Å². The first-order valence-corrected chi connectivity index (χ1v) is 3.98. The summed E-state index contributed by atoms with van der Waals surface area (Å²) >= 11 is 16.7. The van der Waals surface area contributed by atoms with E-state index in [0.29, 0.717) is 0 Å². The van der Waals surface area contributed by atoms with E-state index in [2.05, 4.69) is 0 Å². The van der Waals surface area contributed by atoms with Crippen LogP contribution in [0.25, 0.3) is 0 Å². The molecule has 0 heterocycles. The van der Waals surface area contributed by atoms with Crippen LogP contribution in [-0.4, -0.2) is 5.11 Å². The van der Waals surface area contributed by atoms with E-state index in [4.69, 9.17) is 40.1 Å². The lowest BCUT2D eigenvalue weighted by molar-refractivity contribution is 0.474. The molecule has 0 aliphatic rings. The van der Waals surface area contributed by atoms with E-state index in [1.807, 2.05) is 0 Å². The molecule has 1 N–H and O–H groups in total. The lowest BCUT2D eigenvalue weighted by Gasteiger charge is -2.02. The number of benzene rings is 1. The minimum atomic E-state index is -0.339. The number of phenolic OH excluding ortho intramolecular Hbond substituents is 1. The second-order valence-electron chi connectivity index (χ2n) is 1.99. The summed E-state index contributed by atoms with van der Waals surface area (Å²) in [7, 11) is 0. The average Bonchev–Trinajstić information content (AvgIpc) is 2.08. The number of nitriles is 1. The van der Waals surface area contributed by atoms with Gasteiger partial charge in [-0.15, -0.1) is 0 Å². The maximum atomic E-state index is 9.21. The second kappa shape index (κ2) is 3.40. The maximum absolute atomic E-state index is 9.21. The number of hydrogen-bond acceptors (Lipinski definition) is 2. The summed E-state index contributed by atoms with van der Waals surface area (Å²) in [5.41, 5.74) is 0.00870. The molecular formula is C7H2Cl3NO. The Bertz CT molecular complexity index is 370. The number of phenols is 1. The van der Waals surface area contributed by atoms with Crippen molar-refractivity contribution in [2.75, 3.05) is 0 Å². The number of nitrogens with zero attached hydrogens (tertiary/aromatic N) is 1. The third-order valence-corrected chi connectivity index (χ3v) is 2.51. The predicted molar refractivity (Wildman–Crippen MR) is 47.9 cm³/mol. The third kappa shape index (κ3) is 1.44. The largest absolute Gasteiger partial charge is 0.505 e. The van der Waals surface area contributed by atoms with Gasteiger partial charge in [-0.1, -0.05) is 34.8 Å². The maximum Gasteiger partial charge on any atom is 0.153 e. The van der Waals surface area contributed by atoms with Gasteiger partial charge in [0.1, 0.15) is 11.1 Å². The summed E-state index contributed by atoms with van der Waals surface area (Å²) in [6.45, 7) is 0. The van der Waals surface area contributed by atoms with Gasteiger partial charge in [-0.25, -0.2) is 0 Å². The molecule has 0 aromatic heterocycles. The second-order valence-corrected chi connectivity index (χ2v) is 3.16. The van der Waals surface area contributed by atoms with Gasteiger partial charge in [-0.05, 0) is 6.07 Å². The SMILES string of the molecule is N#Cc1cc(Cl)c(Cl)c(Cl)c1O. The fourth-order valence-corrected chi connectivity index (χ4v) is 1.27. The van der Waals surface area contributed by atoms with Crippen molar-refractivity contribution in [1.82, 2.24) is 0 Å². The fourth-order valence-electron chi connectivity index (χ4n) is 0.671. The number of rotatable bonds is 0. The highest BCUT2D eigenvalue weighted by atomic mass is 35.5. The van der Waals surface area contributed by atoms with Crippen molar-refractivity contribution < 1.29 is 5.11 Å². The van der Waals surface area contributed by atoms with Crippen LogP contribution in [0.3, 0.4) is 0 Å². The molecular weight excluding hydrogens is 220 g/mol. The molecule has 1 aromatic rings. The zero-order chi connectivity index (χ0) is 9.30. The molecule has 0 atom stereocenters. The Hall–Kier alpha value is -0.620. The van der Waals surface area contributed by atoms with Crippen LogP contribution < -0.4 is 0 Å². The molecule has 0 saturated carbocycles. The van der Waals surface area contributed by atoms with Crippen LogP contribution in [0.1, 0.15) is 5.56 Å². The zero-order valence-electron chi connectivity index (χ0n) is 5.61. The van der Waals surface area contributed by atoms with Crippen molar-refractivity contribution in [3.8, 4) is 11.8 Å². The Morgan fingerprint density at radius 1 is 1.25 bits per heavy atom. The van der Waals surface area contributed by atoms with Crippen LogP contribution in [0, 0.1) is 11.3 Å². The molecule has 0 aliphatic carbocycles. The molecule has 5 heteroatoms. The molecule has 0 radical (unpaired) electrons. The molecule has 12 heavy (non-hydrogen) atoms. The molecule has 1 rings (SSSR count). The highest BCUT2D eigenvalue weighted by Gasteiger charge is 2.12. The van der Waals surface area contributed by atoms with Gasteiger partial charge >= 0.3 is 0 Å². The van der Waals surface area contributed by atoms with Crippen LogP contribution >= 0.6 is 34.8 Å². The topological polar surface area (TPSA) is 44.0 Å². The zero-order valence-corrected chi connectivity index (χ0v) is 7.87. The van der Waals surface area contributed by atoms with Gasteiger partial charge in [0, 0.05) is 0 Å². The molecule has 62 valence electrons. The van der Waals surface area contributed by atoms with Gasteiger partial charge in [-0.3, -0.25) is 0 Å². The first-order valence-electron chi connectivity index (χ1n) is 2.84. The fraction of sp³-hybridized carbons (Fsp3) is 0. The number of aromatic hydroxyl groups is 1. The van der Waals surface area contributed by atoms with Crippen LogP contribution in [-0.2, 0) is 0 Å². The standard InChI is InChI=1S/C7H2Cl3NO/c8-4-1-3(2-11)7(12)6(10)5(4)9/h1,12H. The smallest absolute Gasteiger partial charge is 0.153 e. The molecule has 1 aromatic carbocycles. The first kappa shape index (κ1) is 9.47. The van der Waals surface area contributed by atoms with Gasteiger partial charge in [0.05, 0.1) is 15.6 Å². The van der Waals surface area contributed by atoms with Gasteiger partial charge in [0.15, 0.2) is 5.75 Å². The molecule has 0 unspecified atom stereocenters. The van der Waals surface area contributed by atoms with Crippen molar-refractivity contribution in [3.63, 3.8) is 0 Å². The van der Waals surface area contributed by atoms with Gasteiger partial charge in [-0.2, -0.15) is 5.26 Å². The average molecular weight is 222 g/mol. The van der Waals surface area contributed by atoms with Crippen LogP contribution in [0.2, 0.25) is 15.1 Å². The number of hydrogen-bond donors (Lipinski definition) is 1. The van der Waals surface area contributed by atoms with E-state index in [0.717, 1.165) is 0 Å². The Morgan fingerprint density at radius 2 is 1.83 bits per heavy atom. The Balaban J connectivity index is 3.52. The minimum Gasteiger partial charge on any atom is -0.505 e. The summed E-state index contributed by atoms with van der Waals surface area (Å²) in [4.78, 5) is 0. The minimum absolute atomic E-state index is 0.00870. The predicted octanol–water partition coefficient (Wildman–Crippen LogP) is 3.22. The third-order valence-electron chi connectivity index (χ3n) is 1.26. The molecule has 0 saturated heterocycles. The Kier molecular flexibility index (Phi) is 2.69. The molecule has 0 amide bonds. The van der Waals surface area contributed by atoms with Gasteiger partial charge in [0.2, 0.25) is 0 Å². The van der Waals surface area contributed by atoms with E-state index in [9.17, 15) is 5.11 Å². The highest BCUT2D eigenvalue weighted by molar-refractivity contribution is 6.48. The Morgan fingerprint density at radius 3 is 2.33 bits per heavy atom. The summed E-state index contributed by atoms with van der Waals surface area (Å²) < 4.78 is 0. The normalized spacial score (nSPS) is 9.50.